The molecule has 1 heterocycles. The third-order valence-electron chi connectivity index (χ3n) is 3.89. The summed E-state index contributed by atoms with van der Waals surface area (Å²) < 4.78 is 5.45. The molecule has 5 radical (unpaired) electrons. The number of hydrogen-bond donors (Lipinski definition) is 0. The molecule has 0 amide bonds. The van der Waals surface area contributed by atoms with Gasteiger partial charge in [0.1, 0.15) is 11.5 Å². The third kappa shape index (κ3) is 3.98. The fraction of sp³-hybridized carbons (Fsp3) is 0.150. The Bertz CT molecular complexity index is 637. The molecule has 1 unspecified atom stereocenters. The van der Waals surface area contributed by atoms with Crippen LogP contribution in [0.4, 0.5) is 0 Å². The van der Waals surface area contributed by atoms with Crippen molar-refractivity contribution in [1.82, 2.24) is 0 Å². The molecule has 23 heavy (non-hydrogen) atoms. The summed E-state index contributed by atoms with van der Waals surface area (Å²) in [6.07, 6.45) is 9.35. The summed E-state index contributed by atoms with van der Waals surface area (Å²) in [5.41, 5.74) is 0.657. The number of carbonyl (C=O) groups excluding carboxylic acids is 2. The van der Waals surface area contributed by atoms with Crippen molar-refractivity contribution in [1.29, 1.82) is 0 Å². The lowest BCUT2D eigenvalue weighted by molar-refractivity contribution is -0.117. The average molecular weight is 305 g/mol. The van der Waals surface area contributed by atoms with E-state index in [1.54, 1.807) is 37.3 Å². The Morgan fingerprint density at radius 2 is 1.57 bits per heavy atom. The zero-order valence-corrected chi connectivity index (χ0v) is 12.6. The summed E-state index contributed by atoms with van der Waals surface area (Å²) in [4.78, 5) is 24.8. The third-order valence-corrected chi connectivity index (χ3v) is 3.89. The van der Waals surface area contributed by atoms with Crippen molar-refractivity contribution in [2.75, 3.05) is 0 Å². The van der Waals surface area contributed by atoms with E-state index < -0.39 is 0 Å². The summed E-state index contributed by atoms with van der Waals surface area (Å²) >= 11 is 0. The molecule has 0 saturated heterocycles. The molecule has 1 aliphatic rings. The van der Waals surface area contributed by atoms with E-state index >= 15 is 0 Å². The van der Waals surface area contributed by atoms with Crippen LogP contribution < -0.4 is 0 Å². The Hall–Kier alpha value is -2.16. The fourth-order valence-electron chi connectivity index (χ4n) is 2.66. The Balaban J connectivity index is 1.71. The van der Waals surface area contributed by atoms with Crippen LogP contribution in [0.25, 0.3) is 0 Å². The number of furan rings is 1. The van der Waals surface area contributed by atoms with Gasteiger partial charge in [0.2, 0.25) is 0 Å². The van der Waals surface area contributed by atoms with E-state index in [-0.39, 0.29) is 30.3 Å². The van der Waals surface area contributed by atoms with Crippen LogP contribution in [-0.2, 0) is 4.79 Å². The average Bonchev–Trinajstić information content (AvgIpc) is 3.28. The maximum absolute atomic E-state index is 12.5. The van der Waals surface area contributed by atoms with Crippen LogP contribution in [0.5, 0.6) is 0 Å². The van der Waals surface area contributed by atoms with Gasteiger partial charge in [0.05, 0.1) is 6.26 Å². The number of benzene rings is 1. The van der Waals surface area contributed by atoms with Crippen LogP contribution in [-0.4, -0.2) is 11.6 Å². The molecule has 0 N–H and O–H groups in total. The Kier molecular flexibility index (Phi) is 5.06. The molecular weight excluding hydrogens is 288 g/mol. The molecule has 1 aromatic carbocycles. The second-order valence-electron chi connectivity index (χ2n) is 5.51. The lowest BCUT2D eigenvalue weighted by atomic mass is 9.87. The van der Waals surface area contributed by atoms with E-state index in [0.29, 0.717) is 17.2 Å². The van der Waals surface area contributed by atoms with Gasteiger partial charge >= 0.3 is 0 Å². The number of Topliss-reactive ketones (excluding diaryl/α,β-unsaturated/α-hetero) is 2. The highest BCUT2D eigenvalue weighted by Crippen LogP contribution is 2.31. The minimum Gasteiger partial charge on any atom is -0.469 e. The van der Waals surface area contributed by atoms with Crippen LogP contribution in [0.15, 0.2) is 53.1 Å². The second-order valence-corrected chi connectivity index (χ2v) is 5.51. The van der Waals surface area contributed by atoms with Gasteiger partial charge < -0.3 is 4.42 Å². The van der Waals surface area contributed by atoms with Crippen molar-refractivity contribution in [3.05, 3.63) is 91.7 Å². The van der Waals surface area contributed by atoms with Crippen LogP contribution in [0.1, 0.15) is 34.9 Å². The van der Waals surface area contributed by atoms with Gasteiger partial charge in [-0.25, -0.2) is 0 Å². The Morgan fingerprint density at radius 3 is 2.22 bits per heavy atom. The van der Waals surface area contributed by atoms with Crippen molar-refractivity contribution in [2.24, 2.45) is 0 Å². The standard InChI is InChI=1S/C20H17O3/c21-18(15-7-2-1-3-8-15)13-17(20-11-6-12-23-20)14-19(22)16-9-4-5-10-16/h1-12,17H,13-14H2. The summed E-state index contributed by atoms with van der Waals surface area (Å²) in [5.74, 6) is 1.14. The number of hydrogen-bond acceptors (Lipinski definition) is 3. The van der Waals surface area contributed by atoms with Crippen molar-refractivity contribution < 1.29 is 14.0 Å². The highest BCUT2D eigenvalue weighted by Gasteiger charge is 2.29. The van der Waals surface area contributed by atoms with Crippen molar-refractivity contribution in [2.45, 2.75) is 18.8 Å². The smallest absolute Gasteiger partial charge is 0.163 e. The van der Waals surface area contributed by atoms with Gasteiger partial charge in [0, 0.05) is 30.2 Å². The normalized spacial score (nSPS) is 16.3. The minimum atomic E-state index is -0.250. The number of ketones is 2. The van der Waals surface area contributed by atoms with Crippen molar-refractivity contribution >= 4 is 11.6 Å². The zero-order valence-electron chi connectivity index (χ0n) is 12.6. The summed E-state index contributed by atoms with van der Waals surface area (Å²) in [5, 5.41) is 0. The SMILES string of the molecule is O=C(CC(CC(=O)c1ccccc1)c1ccco1)[C]1[CH][CH][CH][CH]1. The zero-order chi connectivity index (χ0) is 16.1. The van der Waals surface area contributed by atoms with Gasteiger partial charge in [-0.2, -0.15) is 0 Å². The molecule has 1 saturated carbocycles. The van der Waals surface area contributed by atoms with E-state index in [2.05, 4.69) is 0 Å². The molecule has 3 heteroatoms. The highest BCUT2D eigenvalue weighted by molar-refractivity contribution is 6.00. The summed E-state index contributed by atoms with van der Waals surface area (Å²) in [6, 6.07) is 12.7. The van der Waals surface area contributed by atoms with Gasteiger partial charge in [-0.05, 0) is 37.8 Å². The maximum atomic E-state index is 12.5. The molecule has 115 valence electrons. The van der Waals surface area contributed by atoms with E-state index in [4.69, 9.17) is 4.42 Å². The lowest BCUT2D eigenvalue weighted by Crippen LogP contribution is -2.16. The van der Waals surface area contributed by atoms with Gasteiger partial charge in [0.25, 0.3) is 0 Å². The van der Waals surface area contributed by atoms with Gasteiger partial charge in [0.15, 0.2) is 5.78 Å². The topological polar surface area (TPSA) is 47.3 Å². The Morgan fingerprint density at radius 1 is 0.870 bits per heavy atom. The predicted molar refractivity (Wildman–Crippen MR) is 86.9 cm³/mol. The monoisotopic (exact) mass is 305 g/mol. The maximum Gasteiger partial charge on any atom is 0.163 e. The molecule has 1 aliphatic carbocycles. The lowest BCUT2D eigenvalue weighted by Gasteiger charge is -2.15. The first kappa shape index (κ1) is 15.7. The molecule has 0 aliphatic heterocycles. The van der Waals surface area contributed by atoms with Crippen LogP contribution in [0.2, 0.25) is 0 Å². The van der Waals surface area contributed by atoms with Crippen LogP contribution in [0.3, 0.4) is 0 Å². The molecule has 1 aromatic heterocycles. The second kappa shape index (κ2) is 7.40. The van der Waals surface area contributed by atoms with Crippen LogP contribution in [0, 0.1) is 31.6 Å². The molecule has 1 fully saturated rings. The number of rotatable bonds is 7. The van der Waals surface area contributed by atoms with E-state index in [1.807, 2.05) is 37.1 Å². The quantitative estimate of drug-likeness (QED) is 0.726. The Labute approximate surface area is 136 Å². The largest absolute Gasteiger partial charge is 0.469 e. The highest BCUT2D eigenvalue weighted by atomic mass is 16.3. The first-order valence-corrected chi connectivity index (χ1v) is 7.60. The molecule has 3 nitrogen and oxygen atoms in total. The van der Waals surface area contributed by atoms with E-state index in [9.17, 15) is 9.59 Å². The van der Waals surface area contributed by atoms with Gasteiger partial charge in [-0.3, -0.25) is 9.59 Å². The summed E-state index contributed by atoms with van der Waals surface area (Å²) in [6.45, 7) is 0. The minimum absolute atomic E-state index is 0.0160. The molecule has 1 atom stereocenters. The van der Waals surface area contributed by atoms with Gasteiger partial charge in [-0.15, -0.1) is 0 Å². The molecule has 0 spiro atoms. The van der Waals surface area contributed by atoms with Crippen molar-refractivity contribution in [3.63, 3.8) is 0 Å². The first-order chi connectivity index (χ1) is 11.2. The molecular formula is C20H17O3. The molecule has 0 bridgehead atoms. The number of carbonyl (C=O) groups is 2. The van der Waals surface area contributed by atoms with Gasteiger partial charge in [-0.1, -0.05) is 30.3 Å². The van der Waals surface area contributed by atoms with Crippen molar-refractivity contribution in [3.8, 4) is 0 Å². The fourth-order valence-corrected chi connectivity index (χ4v) is 2.66. The molecule has 3 rings (SSSR count). The summed E-state index contributed by atoms with van der Waals surface area (Å²) in [7, 11) is 0. The van der Waals surface area contributed by atoms with Crippen LogP contribution >= 0.6 is 0 Å². The van der Waals surface area contributed by atoms with E-state index in [1.165, 1.54) is 0 Å². The first-order valence-electron chi connectivity index (χ1n) is 7.60. The molecule has 2 aromatic rings. The van der Waals surface area contributed by atoms with E-state index in [0.717, 1.165) is 0 Å². The predicted octanol–water partition coefficient (Wildman–Crippen LogP) is 4.00.